The molecular weight excluding hydrogens is 392 g/mol. The average Bonchev–Trinajstić information content (AvgIpc) is 3.45. The van der Waals surface area contributed by atoms with Crippen LogP contribution in [0.25, 0.3) is 22.2 Å². The van der Waals surface area contributed by atoms with Crippen LogP contribution in [0.15, 0.2) is 72.4 Å². The summed E-state index contributed by atoms with van der Waals surface area (Å²) in [6, 6.07) is 14.2. The molecule has 3 aromatic heterocycles. The summed E-state index contributed by atoms with van der Waals surface area (Å²) in [4.78, 5) is 17.2. The van der Waals surface area contributed by atoms with Gasteiger partial charge in [0.15, 0.2) is 0 Å². The van der Waals surface area contributed by atoms with Gasteiger partial charge in [-0.3, -0.25) is 9.67 Å². The number of fused-ring (bicyclic) bond motifs is 1. The first kappa shape index (κ1) is 19.0. The Labute approximate surface area is 179 Å². The van der Waals surface area contributed by atoms with Crippen molar-refractivity contribution in [3.63, 3.8) is 0 Å². The fraction of sp³-hybridized carbons (Fsp3) is 0.217. The van der Waals surface area contributed by atoms with E-state index >= 15 is 0 Å². The maximum atomic E-state index is 11.1. The molecule has 0 spiro atoms. The Bertz CT molecular complexity index is 1240. The lowest BCUT2D eigenvalue weighted by molar-refractivity contribution is 0.124. The third-order valence-electron chi connectivity index (χ3n) is 5.69. The van der Waals surface area contributed by atoms with Gasteiger partial charge < -0.3 is 10.0 Å². The Balaban J connectivity index is 1.37. The number of benzene rings is 1. The lowest BCUT2D eigenvalue weighted by Gasteiger charge is -2.30. The average molecular weight is 414 g/mol. The molecule has 1 aliphatic heterocycles. The van der Waals surface area contributed by atoms with E-state index in [4.69, 9.17) is 5.11 Å². The number of pyridine rings is 1. The molecule has 1 saturated heterocycles. The minimum atomic E-state index is -0.850. The third kappa shape index (κ3) is 3.92. The normalized spacial score (nSPS) is 15.2. The summed E-state index contributed by atoms with van der Waals surface area (Å²) in [6.07, 6.45) is 10.1. The van der Waals surface area contributed by atoms with Crippen LogP contribution >= 0.6 is 0 Å². The topological polar surface area (TPSA) is 88.5 Å². The van der Waals surface area contributed by atoms with E-state index in [2.05, 4.69) is 21.3 Å². The minimum absolute atomic E-state index is 0.209. The molecule has 1 amide bonds. The number of amides is 1. The number of hydrogen-bond donors (Lipinski definition) is 1. The first-order valence-corrected chi connectivity index (χ1v) is 10.3. The largest absolute Gasteiger partial charge is 0.465 e. The second-order valence-electron chi connectivity index (χ2n) is 7.65. The number of likely N-dealkylation sites (tertiary alicyclic amines) is 1. The first-order valence-electron chi connectivity index (χ1n) is 10.3. The fourth-order valence-electron chi connectivity index (χ4n) is 3.93. The number of piperidine rings is 1. The highest BCUT2D eigenvalue weighted by molar-refractivity contribution is 5.83. The second kappa shape index (κ2) is 8.06. The fourth-order valence-corrected chi connectivity index (χ4v) is 3.93. The van der Waals surface area contributed by atoms with Crippen LogP contribution in [-0.2, 0) is 0 Å². The molecule has 0 bridgehead atoms. The lowest BCUT2D eigenvalue weighted by atomic mass is 10.1. The molecule has 31 heavy (non-hydrogen) atoms. The number of hydrogen-bond acceptors (Lipinski definition) is 4. The van der Waals surface area contributed by atoms with Crippen LogP contribution in [0.4, 0.5) is 4.79 Å². The highest BCUT2D eigenvalue weighted by Gasteiger charge is 2.24. The standard InChI is InChI=1S/C23H22N6O2/c30-23(31)27-9-6-20(7-10-27)29-16-19(15-26-29)18-12-22-21(24-14-18)8-11-28(22)25-13-17-4-2-1-3-5-17/h1-5,8,11-16,20H,6-7,9-10H2,(H,30,31). The van der Waals surface area contributed by atoms with Gasteiger partial charge in [0, 0.05) is 42.8 Å². The van der Waals surface area contributed by atoms with Crippen LogP contribution < -0.4 is 0 Å². The number of nitrogens with zero attached hydrogens (tertiary/aromatic N) is 6. The van der Waals surface area contributed by atoms with Gasteiger partial charge in [0.1, 0.15) is 0 Å². The Morgan fingerprint density at radius 1 is 1.10 bits per heavy atom. The molecule has 4 aromatic rings. The van der Waals surface area contributed by atoms with Crippen molar-refractivity contribution in [3.8, 4) is 11.1 Å². The lowest BCUT2D eigenvalue weighted by Crippen LogP contribution is -2.38. The van der Waals surface area contributed by atoms with Gasteiger partial charge in [-0.25, -0.2) is 9.47 Å². The highest BCUT2D eigenvalue weighted by Crippen LogP contribution is 2.27. The van der Waals surface area contributed by atoms with Crippen molar-refractivity contribution in [2.24, 2.45) is 5.10 Å². The maximum Gasteiger partial charge on any atom is 0.407 e. The van der Waals surface area contributed by atoms with Crippen molar-refractivity contribution in [1.29, 1.82) is 0 Å². The summed E-state index contributed by atoms with van der Waals surface area (Å²) in [5, 5.41) is 18.2. The Hall–Kier alpha value is -3.94. The molecule has 1 N–H and O–H groups in total. The quantitative estimate of drug-likeness (QED) is 0.509. The van der Waals surface area contributed by atoms with E-state index in [0.717, 1.165) is 40.6 Å². The zero-order valence-electron chi connectivity index (χ0n) is 16.9. The van der Waals surface area contributed by atoms with Gasteiger partial charge in [-0.1, -0.05) is 30.3 Å². The van der Waals surface area contributed by atoms with Crippen LogP contribution in [0.5, 0.6) is 0 Å². The molecule has 4 heterocycles. The summed E-state index contributed by atoms with van der Waals surface area (Å²) < 4.78 is 3.77. The summed E-state index contributed by atoms with van der Waals surface area (Å²) in [6.45, 7) is 1.07. The predicted molar refractivity (Wildman–Crippen MR) is 118 cm³/mol. The Kier molecular flexibility index (Phi) is 4.95. The molecule has 0 atom stereocenters. The number of carboxylic acid groups (broad SMARTS) is 1. The summed E-state index contributed by atoms with van der Waals surface area (Å²) >= 11 is 0. The molecule has 0 saturated carbocycles. The Morgan fingerprint density at radius 3 is 2.68 bits per heavy atom. The molecule has 0 aliphatic carbocycles. The molecule has 1 aliphatic rings. The molecule has 156 valence electrons. The van der Waals surface area contributed by atoms with E-state index in [9.17, 15) is 4.79 Å². The van der Waals surface area contributed by atoms with Crippen molar-refractivity contribution in [3.05, 3.63) is 72.8 Å². The SMILES string of the molecule is O=C(O)N1CCC(n2cc(-c3cnc4ccn(N=Cc5ccccc5)c4c3)cn2)CC1. The minimum Gasteiger partial charge on any atom is -0.465 e. The van der Waals surface area contributed by atoms with Crippen molar-refractivity contribution in [2.75, 3.05) is 13.1 Å². The molecule has 1 aromatic carbocycles. The van der Waals surface area contributed by atoms with Crippen LogP contribution in [0.1, 0.15) is 24.4 Å². The zero-order valence-corrected chi connectivity index (χ0v) is 16.9. The molecule has 5 rings (SSSR count). The van der Waals surface area contributed by atoms with Crippen molar-refractivity contribution in [2.45, 2.75) is 18.9 Å². The van der Waals surface area contributed by atoms with E-state index < -0.39 is 6.09 Å². The predicted octanol–water partition coefficient (Wildman–Crippen LogP) is 4.10. The van der Waals surface area contributed by atoms with Gasteiger partial charge in [-0.05, 0) is 30.5 Å². The monoisotopic (exact) mass is 414 g/mol. The van der Waals surface area contributed by atoms with Gasteiger partial charge in [-0.15, -0.1) is 0 Å². The zero-order chi connectivity index (χ0) is 21.2. The van der Waals surface area contributed by atoms with Crippen LogP contribution in [-0.4, -0.2) is 54.8 Å². The highest BCUT2D eigenvalue weighted by atomic mass is 16.4. The van der Waals surface area contributed by atoms with E-state index in [-0.39, 0.29) is 6.04 Å². The van der Waals surface area contributed by atoms with Crippen molar-refractivity contribution < 1.29 is 9.90 Å². The maximum absolute atomic E-state index is 11.1. The second-order valence-corrected chi connectivity index (χ2v) is 7.65. The summed E-state index contributed by atoms with van der Waals surface area (Å²) in [5.41, 5.74) is 4.78. The van der Waals surface area contributed by atoms with Crippen LogP contribution in [0, 0.1) is 0 Å². The molecule has 8 nitrogen and oxygen atoms in total. The van der Waals surface area contributed by atoms with Gasteiger partial charge in [0.25, 0.3) is 0 Å². The Morgan fingerprint density at radius 2 is 1.90 bits per heavy atom. The molecule has 0 unspecified atom stereocenters. The van der Waals surface area contributed by atoms with Crippen LogP contribution in [0.2, 0.25) is 0 Å². The number of carbonyl (C=O) groups is 1. The van der Waals surface area contributed by atoms with E-state index in [0.29, 0.717) is 13.1 Å². The number of rotatable bonds is 4. The molecular formula is C23H22N6O2. The molecule has 8 heteroatoms. The number of aromatic nitrogens is 4. The van der Waals surface area contributed by atoms with Crippen molar-refractivity contribution in [1.82, 2.24) is 24.3 Å². The van der Waals surface area contributed by atoms with Gasteiger partial charge in [0.05, 0.1) is 29.5 Å². The van der Waals surface area contributed by atoms with Crippen molar-refractivity contribution >= 4 is 23.3 Å². The molecule has 0 radical (unpaired) electrons. The van der Waals surface area contributed by atoms with Gasteiger partial charge >= 0.3 is 6.09 Å². The van der Waals surface area contributed by atoms with Crippen LogP contribution in [0.3, 0.4) is 0 Å². The molecule has 1 fully saturated rings. The third-order valence-corrected chi connectivity index (χ3v) is 5.69. The first-order chi connectivity index (χ1) is 15.2. The smallest absolute Gasteiger partial charge is 0.407 e. The summed E-state index contributed by atoms with van der Waals surface area (Å²) in [5.74, 6) is 0. The van der Waals surface area contributed by atoms with E-state index in [1.54, 1.807) is 0 Å². The van der Waals surface area contributed by atoms with E-state index in [1.807, 2.05) is 76.8 Å². The van der Waals surface area contributed by atoms with Gasteiger partial charge in [0.2, 0.25) is 0 Å². The van der Waals surface area contributed by atoms with E-state index in [1.165, 1.54) is 4.90 Å². The summed E-state index contributed by atoms with van der Waals surface area (Å²) in [7, 11) is 0. The van der Waals surface area contributed by atoms with Gasteiger partial charge in [-0.2, -0.15) is 10.2 Å².